The van der Waals surface area contributed by atoms with E-state index in [-0.39, 0.29) is 19.1 Å². The minimum atomic E-state index is -1.37. The molecule has 1 unspecified atom stereocenters. The van der Waals surface area contributed by atoms with Gasteiger partial charge in [0.05, 0.1) is 20.3 Å². The molecule has 1 amide bonds. The Kier molecular flexibility index (Phi) is 9.97. The third-order valence-corrected chi connectivity index (χ3v) is 3.99. The summed E-state index contributed by atoms with van der Waals surface area (Å²) in [5, 5.41) is 15.5. The average Bonchev–Trinajstić information content (AvgIpc) is 2.70. The summed E-state index contributed by atoms with van der Waals surface area (Å²) in [6, 6.07) is 6.95. The summed E-state index contributed by atoms with van der Waals surface area (Å²) in [5.41, 5.74) is 0.771. The smallest absolute Gasteiger partial charge is 0.408 e. The van der Waals surface area contributed by atoms with Gasteiger partial charge in [-0.2, -0.15) is 0 Å². The van der Waals surface area contributed by atoms with E-state index < -0.39 is 36.2 Å². The van der Waals surface area contributed by atoms with Gasteiger partial charge in [-0.3, -0.25) is 4.79 Å². The normalized spacial score (nSPS) is 13.9. The van der Waals surface area contributed by atoms with Crippen LogP contribution in [0.3, 0.4) is 0 Å². The van der Waals surface area contributed by atoms with E-state index in [4.69, 9.17) is 9.47 Å². The standard InChI is InChI=1S/C19H28N2O7/c1-12(2)15(17(23)26-3)20-10-14(22)16(18(24)27-4)21-19(25)28-11-13-8-6-5-7-9-13/h5-9,12,14-16,20,22H,10-11H2,1-4H3,(H,21,25)/t14?,15-,16-/m0/s1. The molecular weight excluding hydrogens is 368 g/mol. The first-order valence-corrected chi connectivity index (χ1v) is 8.84. The fourth-order valence-electron chi connectivity index (χ4n) is 2.41. The minimum Gasteiger partial charge on any atom is -0.468 e. The Labute approximate surface area is 164 Å². The molecule has 1 aromatic rings. The number of hydrogen-bond acceptors (Lipinski definition) is 8. The SMILES string of the molecule is COC(=O)[C@@H](NCC(O)[C@H](NC(=O)OCc1ccccc1)C(=O)OC)C(C)C. The number of nitrogens with one attached hydrogen (secondary N) is 2. The van der Waals surface area contributed by atoms with Crippen LogP contribution < -0.4 is 10.6 Å². The van der Waals surface area contributed by atoms with E-state index in [0.29, 0.717) is 0 Å². The second-order valence-electron chi connectivity index (χ2n) is 6.43. The van der Waals surface area contributed by atoms with Crippen molar-refractivity contribution in [2.24, 2.45) is 5.92 Å². The number of carbonyl (C=O) groups excluding carboxylic acids is 3. The third-order valence-electron chi connectivity index (χ3n) is 3.99. The van der Waals surface area contributed by atoms with Gasteiger partial charge in [0.15, 0.2) is 6.04 Å². The zero-order valence-electron chi connectivity index (χ0n) is 16.5. The van der Waals surface area contributed by atoms with Gasteiger partial charge in [0.2, 0.25) is 0 Å². The van der Waals surface area contributed by atoms with E-state index in [1.165, 1.54) is 7.11 Å². The van der Waals surface area contributed by atoms with Crippen LogP contribution in [0.1, 0.15) is 19.4 Å². The molecule has 156 valence electrons. The zero-order chi connectivity index (χ0) is 21.1. The lowest BCUT2D eigenvalue weighted by molar-refractivity contribution is -0.146. The molecule has 0 saturated heterocycles. The molecule has 0 aliphatic carbocycles. The van der Waals surface area contributed by atoms with E-state index in [2.05, 4.69) is 15.4 Å². The van der Waals surface area contributed by atoms with Crippen LogP contribution >= 0.6 is 0 Å². The molecule has 3 N–H and O–H groups in total. The number of aliphatic hydroxyl groups excluding tert-OH is 1. The number of aliphatic hydroxyl groups is 1. The second-order valence-corrected chi connectivity index (χ2v) is 6.43. The molecule has 1 rings (SSSR count). The summed E-state index contributed by atoms with van der Waals surface area (Å²) in [5.74, 6) is -1.45. The second kappa shape index (κ2) is 11.9. The zero-order valence-corrected chi connectivity index (χ0v) is 16.5. The Hall–Kier alpha value is -2.65. The lowest BCUT2D eigenvalue weighted by atomic mass is 10.0. The van der Waals surface area contributed by atoms with Crippen LogP contribution in [0.25, 0.3) is 0 Å². The van der Waals surface area contributed by atoms with Crippen LogP contribution in [-0.2, 0) is 30.4 Å². The number of ether oxygens (including phenoxy) is 3. The van der Waals surface area contributed by atoms with Gasteiger partial charge in [-0.15, -0.1) is 0 Å². The van der Waals surface area contributed by atoms with Crippen molar-refractivity contribution in [1.82, 2.24) is 10.6 Å². The number of carbonyl (C=O) groups is 3. The highest BCUT2D eigenvalue weighted by atomic mass is 16.6. The lowest BCUT2D eigenvalue weighted by Crippen LogP contribution is -2.55. The van der Waals surface area contributed by atoms with Gasteiger partial charge >= 0.3 is 18.0 Å². The topological polar surface area (TPSA) is 123 Å². The molecule has 0 fully saturated rings. The largest absolute Gasteiger partial charge is 0.468 e. The Bertz CT molecular complexity index is 636. The number of esters is 2. The van der Waals surface area contributed by atoms with Crippen molar-refractivity contribution >= 4 is 18.0 Å². The number of methoxy groups -OCH3 is 2. The molecular formula is C19H28N2O7. The monoisotopic (exact) mass is 396 g/mol. The fraction of sp³-hybridized carbons (Fsp3) is 0.526. The third kappa shape index (κ3) is 7.53. The van der Waals surface area contributed by atoms with E-state index in [1.807, 2.05) is 6.07 Å². The van der Waals surface area contributed by atoms with Crippen LogP contribution in [0.5, 0.6) is 0 Å². The summed E-state index contributed by atoms with van der Waals surface area (Å²) in [6.45, 7) is 3.46. The molecule has 9 nitrogen and oxygen atoms in total. The summed E-state index contributed by atoms with van der Waals surface area (Å²) in [7, 11) is 2.40. The van der Waals surface area contributed by atoms with Gasteiger partial charge < -0.3 is 30.0 Å². The summed E-state index contributed by atoms with van der Waals surface area (Å²) >= 11 is 0. The first kappa shape index (κ1) is 23.4. The van der Waals surface area contributed by atoms with Gasteiger partial charge in [0.25, 0.3) is 0 Å². The lowest BCUT2D eigenvalue weighted by Gasteiger charge is -2.25. The highest BCUT2D eigenvalue weighted by Crippen LogP contribution is 2.06. The van der Waals surface area contributed by atoms with E-state index in [1.54, 1.807) is 38.1 Å². The molecule has 0 bridgehead atoms. The number of hydrogen-bond donors (Lipinski definition) is 3. The Balaban J connectivity index is 2.66. The van der Waals surface area contributed by atoms with E-state index >= 15 is 0 Å². The molecule has 0 aromatic heterocycles. The Morgan fingerprint density at radius 2 is 1.57 bits per heavy atom. The minimum absolute atomic E-state index is 0.00662. The van der Waals surface area contributed by atoms with Crippen LogP contribution in [-0.4, -0.2) is 62.1 Å². The molecule has 0 radical (unpaired) electrons. The molecule has 1 aromatic carbocycles. The van der Waals surface area contributed by atoms with Gasteiger partial charge in [0, 0.05) is 6.54 Å². The van der Waals surface area contributed by atoms with Crippen LogP contribution in [0.15, 0.2) is 30.3 Å². The quantitative estimate of drug-likeness (QED) is 0.388. The maximum atomic E-state index is 12.0. The van der Waals surface area contributed by atoms with Gasteiger partial charge in [-0.1, -0.05) is 44.2 Å². The molecule has 0 aliphatic heterocycles. The average molecular weight is 396 g/mol. The first-order valence-electron chi connectivity index (χ1n) is 8.84. The number of rotatable bonds is 10. The summed E-state index contributed by atoms with van der Waals surface area (Å²) in [4.78, 5) is 35.7. The maximum Gasteiger partial charge on any atom is 0.408 e. The van der Waals surface area contributed by atoms with Crippen LogP contribution in [0.2, 0.25) is 0 Å². The van der Waals surface area contributed by atoms with Crippen molar-refractivity contribution in [2.75, 3.05) is 20.8 Å². The molecule has 0 spiro atoms. The van der Waals surface area contributed by atoms with Gasteiger partial charge in [0.1, 0.15) is 12.6 Å². The predicted octanol–water partition coefficient (Wildman–Crippen LogP) is 0.603. The van der Waals surface area contributed by atoms with Crippen LogP contribution in [0.4, 0.5) is 4.79 Å². The first-order chi connectivity index (χ1) is 13.3. The molecule has 0 saturated carbocycles. The molecule has 0 heterocycles. The number of alkyl carbamates (subject to hydrolysis) is 1. The highest BCUT2D eigenvalue weighted by molar-refractivity contribution is 5.82. The van der Waals surface area contributed by atoms with E-state index in [0.717, 1.165) is 12.7 Å². The van der Waals surface area contributed by atoms with E-state index in [9.17, 15) is 19.5 Å². The van der Waals surface area contributed by atoms with Crippen LogP contribution in [0, 0.1) is 5.92 Å². The molecule has 28 heavy (non-hydrogen) atoms. The molecule has 3 atom stereocenters. The fourth-order valence-corrected chi connectivity index (χ4v) is 2.41. The number of amides is 1. The Morgan fingerprint density at radius 3 is 2.11 bits per heavy atom. The van der Waals surface area contributed by atoms with Crippen molar-refractivity contribution in [3.8, 4) is 0 Å². The Morgan fingerprint density at radius 1 is 1.00 bits per heavy atom. The highest BCUT2D eigenvalue weighted by Gasteiger charge is 2.32. The summed E-state index contributed by atoms with van der Waals surface area (Å²) < 4.78 is 14.4. The number of benzene rings is 1. The van der Waals surface area contributed by atoms with Crippen molar-refractivity contribution in [2.45, 2.75) is 38.6 Å². The van der Waals surface area contributed by atoms with Gasteiger partial charge in [-0.25, -0.2) is 9.59 Å². The van der Waals surface area contributed by atoms with Crippen molar-refractivity contribution in [3.05, 3.63) is 35.9 Å². The van der Waals surface area contributed by atoms with Crippen molar-refractivity contribution in [1.29, 1.82) is 0 Å². The van der Waals surface area contributed by atoms with Crippen molar-refractivity contribution in [3.63, 3.8) is 0 Å². The summed E-state index contributed by atoms with van der Waals surface area (Å²) in [6.07, 6.45) is -2.24. The van der Waals surface area contributed by atoms with Gasteiger partial charge in [-0.05, 0) is 11.5 Å². The predicted molar refractivity (Wildman–Crippen MR) is 100 cm³/mol. The molecule has 9 heteroatoms. The maximum absolute atomic E-state index is 12.0. The molecule has 0 aliphatic rings. The van der Waals surface area contributed by atoms with Crippen molar-refractivity contribution < 1.29 is 33.7 Å².